The number of hydrogen-bond donors (Lipinski definition) is 1. The topological polar surface area (TPSA) is 77.8 Å². The van der Waals surface area contributed by atoms with Gasteiger partial charge in [0.2, 0.25) is 11.7 Å². The second-order valence-electron chi connectivity index (χ2n) is 4.99. The van der Waals surface area contributed by atoms with Gasteiger partial charge in [0.15, 0.2) is 0 Å². The van der Waals surface area contributed by atoms with E-state index in [1.165, 1.54) is 0 Å². The van der Waals surface area contributed by atoms with Gasteiger partial charge in [0.1, 0.15) is 5.69 Å². The van der Waals surface area contributed by atoms with Crippen molar-refractivity contribution in [3.05, 3.63) is 29.8 Å². The molecule has 0 bridgehead atoms. The first-order valence-electron chi connectivity index (χ1n) is 6.64. The summed E-state index contributed by atoms with van der Waals surface area (Å²) >= 11 is 0. The molecule has 0 aromatic carbocycles. The highest BCUT2D eigenvalue weighted by Gasteiger charge is 2.16. The number of nitrogens with zero attached hydrogens (tertiary/aromatic N) is 3. The monoisotopic (exact) mass is 260 g/mol. The molecule has 2 heterocycles. The molecule has 2 aromatic rings. The van der Waals surface area contributed by atoms with Crippen LogP contribution in [0.15, 0.2) is 22.9 Å². The molecule has 1 unspecified atom stereocenters. The zero-order chi connectivity index (χ0) is 13.8. The van der Waals surface area contributed by atoms with Gasteiger partial charge in [-0.05, 0) is 24.0 Å². The van der Waals surface area contributed by atoms with Crippen molar-refractivity contribution in [2.75, 3.05) is 0 Å². The van der Waals surface area contributed by atoms with E-state index in [4.69, 9.17) is 10.3 Å². The normalized spacial score (nSPS) is 12.9. The van der Waals surface area contributed by atoms with E-state index >= 15 is 0 Å². The maximum absolute atomic E-state index is 6.01. The molecule has 19 heavy (non-hydrogen) atoms. The van der Waals surface area contributed by atoms with Crippen LogP contribution in [0.1, 0.15) is 32.2 Å². The average molecular weight is 260 g/mol. The number of hydrogen-bond acceptors (Lipinski definition) is 5. The molecule has 0 aliphatic rings. The summed E-state index contributed by atoms with van der Waals surface area (Å²) in [7, 11) is 0. The number of nitrogens with two attached hydrogens (primary N) is 1. The lowest BCUT2D eigenvalue weighted by atomic mass is 10.0. The molecule has 0 saturated carbocycles. The highest BCUT2D eigenvalue weighted by atomic mass is 16.5. The number of aromatic nitrogens is 3. The van der Waals surface area contributed by atoms with Crippen LogP contribution in [0, 0.1) is 5.92 Å². The van der Waals surface area contributed by atoms with E-state index in [9.17, 15) is 0 Å². The quantitative estimate of drug-likeness (QED) is 0.891. The summed E-state index contributed by atoms with van der Waals surface area (Å²) in [6.45, 7) is 6.24. The van der Waals surface area contributed by atoms with Crippen molar-refractivity contribution in [2.45, 2.75) is 39.7 Å². The van der Waals surface area contributed by atoms with Crippen LogP contribution >= 0.6 is 0 Å². The number of pyridine rings is 1. The van der Waals surface area contributed by atoms with Gasteiger partial charge in [-0.15, -0.1) is 0 Å². The van der Waals surface area contributed by atoms with Gasteiger partial charge < -0.3 is 10.3 Å². The van der Waals surface area contributed by atoms with E-state index < -0.39 is 0 Å². The van der Waals surface area contributed by atoms with Crippen LogP contribution in [0.5, 0.6) is 0 Å². The first-order chi connectivity index (χ1) is 9.11. The second kappa shape index (κ2) is 5.93. The zero-order valence-electron chi connectivity index (χ0n) is 11.6. The smallest absolute Gasteiger partial charge is 0.228 e. The van der Waals surface area contributed by atoms with E-state index in [0.29, 0.717) is 24.1 Å². The molecule has 2 aromatic heterocycles. The van der Waals surface area contributed by atoms with E-state index in [1.54, 1.807) is 6.20 Å². The molecule has 5 nitrogen and oxygen atoms in total. The van der Waals surface area contributed by atoms with Gasteiger partial charge in [-0.1, -0.05) is 32.0 Å². The third-order valence-corrected chi connectivity index (χ3v) is 3.22. The molecule has 2 rings (SSSR count). The van der Waals surface area contributed by atoms with Crippen molar-refractivity contribution >= 4 is 0 Å². The summed E-state index contributed by atoms with van der Waals surface area (Å²) in [5.74, 6) is 1.50. The van der Waals surface area contributed by atoms with Crippen LogP contribution in [0.2, 0.25) is 0 Å². The molecule has 102 valence electrons. The largest absolute Gasteiger partial charge is 0.339 e. The molecule has 0 aliphatic carbocycles. The Morgan fingerprint density at radius 2 is 2.16 bits per heavy atom. The fourth-order valence-electron chi connectivity index (χ4n) is 1.80. The molecule has 0 amide bonds. The Kier molecular flexibility index (Phi) is 4.27. The summed E-state index contributed by atoms with van der Waals surface area (Å²) in [6.07, 6.45) is 3.22. The molecule has 0 aliphatic heterocycles. The third-order valence-electron chi connectivity index (χ3n) is 3.22. The second-order valence-corrected chi connectivity index (χ2v) is 4.99. The van der Waals surface area contributed by atoms with Crippen LogP contribution in [-0.2, 0) is 12.8 Å². The molecule has 1 atom stereocenters. The predicted molar refractivity (Wildman–Crippen MR) is 73.4 cm³/mol. The van der Waals surface area contributed by atoms with Gasteiger partial charge in [-0.3, -0.25) is 4.98 Å². The zero-order valence-corrected chi connectivity index (χ0v) is 11.6. The SMILES string of the molecule is CCc1cccnc1-c1noc(CC(N)C(C)C)n1. The maximum Gasteiger partial charge on any atom is 0.228 e. The summed E-state index contributed by atoms with van der Waals surface area (Å²) in [5.41, 5.74) is 7.91. The van der Waals surface area contributed by atoms with Gasteiger partial charge in [0, 0.05) is 18.7 Å². The standard InChI is InChI=1S/C14H20N4O/c1-4-10-6-5-7-16-13(10)14-17-12(19-18-14)8-11(15)9(2)3/h5-7,9,11H,4,8,15H2,1-3H3. The van der Waals surface area contributed by atoms with Crippen molar-refractivity contribution in [3.63, 3.8) is 0 Å². The Morgan fingerprint density at radius 1 is 1.37 bits per heavy atom. The predicted octanol–water partition coefficient (Wildman–Crippen LogP) is 2.22. The molecular formula is C14H20N4O. The van der Waals surface area contributed by atoms with Gasteiger partial charge in [-0.2, -0.15) is 4.98 Å². The van der Waals surface area contributed by atoms with E-state index in [1.807, 2.05) is 12.1 Å². The Bertz CT molecular complexity index is 536. The van der Waals surface area contributed by atoms with Crippen LogP contribution in [0.3, 0.4) is 0 Å². The van der Waals surface area contributed by atoms with Gasteiger partial charge in [0.05, 0.1) is 0 Å². The van der Waals surface area contributed by atoms with Crippen molar-refractivity contribution < 1.29 is 4.52 Å². The van der Waals surface area contributed by atoms with Crippen LogP contribution in [0.4, 0.5) is 0 Å². The Balaban J connectivity index is 2.21. The first kappa shape index (κ1) is 13.7. The fraction of sp³-hybridized carbons (Fsp3) is 0.500. The van der Waals surface area contributed by atoms with Crippen molar-refractivity contribution in [2.24, 2.45) is 11.7 Å². The van der Waals surface area contributed by atoms with E-state index in [0.717, 1.165) is 17.7 Å². The van der Waals surface area contributed by atoms with Crippen molar-refractivity contribution in [1.82, 2.24) is 15.1 Å². The maximum atomic E-state index is 6.01. The summed E-state index contributed by atoms with van der Waals surface area (Å²) in [6, 6.07) is 3.97. The molecule has 0 spiro atoms. The van der Waals surface area contributed by atoms with Gasteiger partial charge in [0.25, 0.3) is 0 Å². The Morgan fingerprint density at radius 3 is 2.84 bits per heavy atom. The minimum atomic E-state index is 0.0303. The number of rotatable bonds is 5. The third kappa shape index (κ3) is 3.17. The van der Waals surface area contributed by atoms with Gasteiger partial charge >= 0.3 is 0 Å². The molecule has 0 fully saturated rings. The summed E-state index contributed by atoms with van der Waals surface area (Å²) < 4.78 is 5.26. The Hall–Kier alpha value is -1.75. The molecule has 0 saturated heterocycles. The molecule has 2 N–H and O–H groups in total. The highest BCUT2D eigenvalue weighted by Crippen LogP contribution is 2.19. The fourth-order valence-corrected chi connectivity index (χ4v) is 1.80. The van der Waals surface area contributed by atoms with Crippen molar-refractivity contribution in [3.8, 4) is 11.5 Å². The van der Waals surface area contributed by atoms with Crippen LogP contribution in [-0.4, -0.2) is 21.2 Å². The molecular weight excluding hydrogens is 240 g/mol. The first-order valence-corrected chi connectivity index (χ1v) is 6.64. The van der Waals surface area contributed by atoms with E-state index in [-0.39, 0.29) is 6.04 Å². The van der Waals surface area contributed by atoms with Crippen LogP contribution in [0.25, 0.3) is 11.5 Å². The Labute approximate surface area is 113 Å². The average Bonchev–Trinajstić information content (AvgIpc) is 2.86. The summed E-state index contributed by atoms with van der Waals surface area (Å²) in [4.78, 5) is 8.72. The van der Waals surface area contributed by atoms with Crippen molar-refractivity contribution in [1.29, 1.82) is 0 Å². The lowest BCUT2D eigenvalue weighted by Gasteiger charge is -2.11. The van der Waals surface area contributed by atoms with Crippen LogP contribution < -0.4 is 5.73 Å². The minimum absolute atomic E-state index is 0.0303. The highest BCUT2D eigenvalue weighted by molar-refractivity contribution is 5.53. The van der Waals surface area contributed by atoms with E-state index in [2.05, 4.69) is 35.9 Å². The number of aryl methyl sites for hydroxylation is 1. The molecule has 0 radical (unpaired) electrons. The minimum Gasteiger partial charge on any atom is -0.339 e. The van der Waals surface area contributed by atoms with Gasteiger partial charge in [-0.25, -0.2) is 0 Å². The summed E-state index contributed by atoms with van der Waals surface area (Å²) in [5, 5.41) is 4.00. The lowest BCUT2D eigenvalue weighted by molar-refractivity contribution is 0.353. The lowest BCUT2D eigenvalue weighted by Crippen LogP contribution is -2.28. The molecule has 5 heteroatoms.